The van der Waals surface area contributed by atoms with Crippen LogP contribution >= 0.6 is 11.3 Å². The van der Waals surface area contributed by atoms with Gasteiger partial charge >= 0.3 is 0 Å². The van der Waals surface area contributed by atoms with Crippen LogP contribution in [0, 0.1) is 0 Å². The molecule has 4 aromatic rings. The van der Waals surface area contributed by atoms with Crippen molar-refractivity contribution in [3.05, 3.63) is 52.7 Å². The van der Waals surface area contributed by atoms with Crippen molar-refractivity contribution >= 4 is 38.4 Å². The first-order valence-electron chi connectivity index (χ1n) is 8.92. The monoisotopic (exact) mass is 366 g/mol. The third-order valence-corrected chi connectivity index (χ3v) is 5.67. The van der Waals surface area contributed by atoms with Gasteiger partial charge in [-0.15, -0.1) is 11.3 Å². The number of benzene rings is 1. The van der Waals surface area contributed by atoms with Gasteiger partial charge in [-0.2, -0.15) is 0 Å². The number of pyridine rings is 1. The topological polar surface area (TPSA) is 77.0 Å². The second kappa shape index (κ2) is 7.05. The number of imidazole rings is 1. The molecule has 0 fully saturated rings. The summed E-state index contributed by atoms with van der Waals surface area (Å²) in [6.45, 7) is 2.88. The Morgan fingerprint density at radius 1 is 1.15 bits per heavy atom. The largest absolute Gasteiger partial charge is 0.392 e. The lowest BCUT2D eigenvalue weighted by Gasteiger charge is -2.12. The van der Waals surface area contributed by atoms with Gasteiger partial charge in [-0.1, -0.05) is 37.6 Å². The highest BCUT2D eigenvalue weighted by Gasteiger charge is 2.18. The Kier molecular flexibility index (Phi) is 4.61. The zero-order valence-electron chi connectivity index (χ0n) is 14.8. The van der Waals surface area contributed by atoms with Crippen LogP contribution in [0.1, 0.15) is 36.7 Å². The van der Waals surface area contributed by atoms with E-state index in [4.69, 9.17) is 10.7 Å². The van der Waals surface area contributed by atoms with Crippen molar-refractivity contribution in [3.63, 3.8) is 0 Å². The van der Waals surface area contributed by atoms with Gasteiger partial charge in [0.05, 0.1) is 22.3 Å². The number of anilines is 1. The minimum Gasteiger partial charge on any atom is -0.392 e. The van der Waals surface area contributed by atoms with E-state index in [1.807, 2.05) is 29.6 Å². The fraction of sp³-hybridized carbons (Fsp3) is 0.300. The van der Waals surface area contributed by atoms with Crippen molar-refractivity contribution < 1.29 is 5.11 Å². The summed E-state index contributed by atoms with van der Waals surface area (Å²) in [5.74, 6) is 1.52. The number of thiophene rings is 1. The van der Waals surface area contributed by atoms with Crippen LogP contribution in [0.3, 0.4) is 0 Å². The number of rotatable bonds is 6. The first-order chi connectivity index (χ1) is 12.7. The molecule has 0 aliphatic heterocycles. The molecule has 0 spiro atoms. The number of aliphatic hydroxyl groups is 1. The number of aliphatic hydroxyl groups excluding tert-OH is 1. The summed E-state index contributed by atoms with van der Waals surface area (Å²) >= 11 is 1.67. The van der Waals surface area contributed by atoms with Crippen LogP contribution in [0.25, 0.3) is 21.3 Å². The van der Waals surface area contributed by atoms with Crippen LogP contribution < -0.4 is 5.73 Å². The molecule has 0 amide bonds. The molecule has 0 atom stereocenters. The van der Waals surface area contributed by atoms with Gasteiger partial charge in [0, 0.05) is 13.0 Å². The van der Waals surface area contributed by atoms with E-state index in [1.54, 1.807) is 11.3 Å². The van der Waals surface area contributed by atoms with Crippen LogP contribution in [-0.4, -0.2) is 19.6 Å². The minimum atomic E-state index is 0.0329. The molecular formula is C20H22N4OS. The lowest BCUT2D eigenvalue weighted by atomic mass is 10.1. The molecule has 0 saturated heterocycles. The van der Waals surface area contributed by atoms with Crippen LogP contribution in [0.15, 0.2) is 35.7 Å². The van der Waals surface area contributed by atoms with E-state index in [-0.39, 0.29) is 6.61 Å². The number of aromatic nitrogens is 3. The number of nitrogen functional groups attached to an aromatic ring is 1. The van der Waals surface area contributed by atoms with E-state index in [2.05, 4.69) is 22.5 Å². The number of hydrogen-bond acceptors (Lipinski definition) is 5. The molecule has 1 aromatic carbocycles. The zero-order valence-corrected chi connectivity index (χ0v) is 15.6. The third kappa shape index (κ3) is 2.85. The summed E-state index contributed by atoms with van der Waals surface area (Å²) in [6.07, 6.45) is 3.09. The Morgan fingerprint density at radius 3 is 2.73 bits per heavy atom. The van der Waals surface area contributed by atoms with E-state index >= 15 is 0 Å². The fourth-order valence-electron chi connectivity index (χ4n) is 3.39. The Morgan fingerprint density at radius 2 is 1.96 bits per heavy atom. The molecule has 0 radical (unpaired) electrons. The van der Waals surface area contributed by atoms with E-state index in [9.17, 15) is 5.11 Å². The van der Waals surface area contributed by atoms with Crippen molar-refractivity contribution in [1.29, 1.82) is 0 Å². The van der Waals surface area contributed by atoms with Crippen molar-refractivity contribution in [2.45, 2.75) is 39.3 Å². The molecule has 0 saturated carbocycles. The van der Waals surface area contributed by atoms with Crippen molar-refractivity contribution in [2.75, 3.05) is 5.73 Å². The maximum Gasteiger partial charge on any atom is 0.152 e. The van der Waals surface area contributed by atoms with Crippen molar-refractivity contribution in [3.8, 4) is 0 Å². The lowest BCUT2D eigenvalue weighted by Crippen LogP contribution is -2.07. The minimum absolute atomic E-state index is 0.0329. The quantitative estimate of drug-likeness (QED) is 0.538. The summed E-state index contributed by atoms with van der Waals surface area (Å²) in [6, 6.07) is 10.0. The zero-order chi connectivity index (χ0) is 18.1. The van der Waals surface area contributed by atoms with Gasteiger partial charge in [0.2, 0.25) is 0 Å². The highest BCUT2D eigenvalue weighted by atomic mass is 32.1. The molecule has 3 aromatic heterocycles. The molecule has 0 aliphatic carbocycles. The van der Waals surface area contributed by atoms with Gasteiger partial charge in [-0.05, 0) is 29.0 Å². The molecule has 0 unspecified atom stereocenters. The number of nitrogens with zero attached hydrogens (tertiary/aromatic N) is 3. The predicted molar refractivity (Wildman–Crippen MR) is 107 cm³/mol. The normalized spacial score (nSPS) is 11.6. The average molecular weight is 366 g/mol. The predicted octanol–water partition coefficient (Wildman–Crippen LogP) is 4.11. The number of hydrogen-bond donors (Lipinski definition) is 2. The highest BCUT2D eigenvalue weighted by Crippen LogP contribution is 2.33. The number of aryl methyl sites for hydroxylation is 1. The van der Waals surface area contributed by atoms with E-state index in [1.165, 1.54) is 0 Å². The van der Waals surface area contributed by atoms with E-state index < -0.39 is 0 Å². The van der Waals surface area contributed by atoms with E-state index in [0.29, 0.717) is 12.4 Å². The SMILES string of the molecule is CCCCc1nc2c(N)nc3ccsc3c2n1Cc1ccccc1CO. The Labute approximate surface area is 156 Å². The van der Waals surface area contributed by atoms with Crippen LogP contribution in [-0.2, 0) is 19.6 Å². The first-order valence-corrected chi connectivity index (χ1v) is 9.80. The average Bonchev–Trinajstić information content (AvgIpc) is 3.25. The molecule has 3 N–H and O–H groups in total. The highest BCUT2D eigenvalue weighted by molar-refractivity contribution is 7.18. The van der Waals surface area contributed by atoms with Gasteiger partial charge < -0.3 is 15.4 Å². The number of unbranched alkanes of at least 4 members (excludes halogenated alkanes) is 1. The van der Waals surface area contributed by atoms with Gasteiger partial charge in [0.1, 0.15) is 11.3 Å². The summed E-state index contributed by atoms with van der Waals surface area (Å²) in [4.78, 5) is 9.36. The van der Waals surface area contributed by atoms with Gasteiger partial charge in [0.15, 0.2) is 5.82 Å². The molecule has 0 aliphatic rings. The molecule has 4 rings (SSSR count). The first kappa shape index (κ1) is 17.0. The molecule has 6 heteroatoms. The van der Waals surface area contributed by atoms with Crippen LogP contribution in [0.4, 0.5) is 5.82 Å². The standard InChI is InChI=1S/C20H22N4OS/c1-2-3-8-16-23-17-18(19-15(9-10-26-19)22-20(17)21)24(16)11-13-6-4-5-7-14(13)12-25/h4-7,9-10,25H,2-3,8,11-12H2,1H3,(H2,21,22). The molecule has 3 heterocycles. The lowest BCUT2D eigenvalue weighted by molar-refractivity contribution is 0.280. The third-order valence-electron chi connectivity index (χ3n) is 4.76. The van der Waals surface area contributed by atoms with Crippen LogP contribution in [0.2, 0.25) is 0 Å². The van der Waals surface area contributed by atoms with Crippen molar-refractivity contribution in [1.82, 2.24) is 14.5 Å². The molecule has 134 valence electrons. The van der Waals surface area contributed by atoms with Gasteiger partial charge in [-0.25, -0.2) is 9.97 Å². The van der Waals surface area contributed by atoms with E-state index in [0.717, 1.165) is 57.5 Å². The summed E-state index contributed by atoms with van der Waals surface area (Å²) in [5.41, 5.74) is 11.0. The maximum absolute atomic E-state index is 9.70. The van der Waals surface area contributed by atoms with Gasteiger partial charge in [-0.3, -0.25) is 0 Å². The Bertz CT molecular complexity index is 1070. The second-order valence-electron chi connectivity index (χ2n) is 6.47. The number of nitrogens with two attached hydrogens (primary N) is 1. The maximum atomic E-state index is 9.70. The smallest absolute Gasteiger partial charge is 0.152 e. The Balaban J connectivity index is 1.95. The fourth-order valence-corrected chi connectivity index (χ4v) is 4.28. The van der Waals surface area contributed by atoms with Gasteiger partial charge in [0.25, 0.3) is 0 Å². The van der Waals surface area contributed by atoms with Crippen LogP contribution in [0.5, 0.6) is 0 Å². The Hall–Kier alpha value is -2.44. The summed E-state index contributed by atoms with van der Waals surface area (Å²) < 4.78 is 3.38. The summed E-state index contributed by atoms with van der Waals surface area (Å²) in [7, 11) is 0. The molecular weight excluding hydrogens is 344 g/mol. The molecule has 5 nitrogen and oxygen atoms in total. The summed E-state index contributed by atoms with van der Waals surface area (Å²) in [5, 5.41) is 11.7. The van der Waals surface area contributed by atoms with Crippen molar-refractivity contribution in [2.24, 2.45) is 0 Å². The molecule has 0 bridgehead atoms. The number of fused-ring (bicyclic) bond motifs is 3. The second-order valence-corrected chi connectivity index (χ2v) is 7.39. The molecule has 26 heavy (non-hydrogen) atoms.